The normalized spacial score (nSPS) is 11.0. The predicted octanol–water partition coefficient (Wildman–Crippen LogP) is 3.48. The van der Waals surface area contributed by atoms with Crippen molar-refractivity contribution in [3.8, 4) is 16.5 Å². The predicted molar refractivity (Wildman–Crippen MR) is 107 cm³/mol. The van der Waals surface area contributed by atoms with E-state index in [4.69, 9.17) is 4.74 Å². The molecule has 0 aliphatic rings. The lowest BCUT2D eigenvalue weighted by Gasteiger charge is -2.04. The maximum atomic E-state index is 12.6. The van der Waals surface area contributed by atoms with Gasteiger partial charge in [0, 0.05) is 23.7 Å². The molecule has 0 saturated heterocycles. The molecule has 8 heteroatoms. The molecule has 1 N–H and O–H groups in total. The minimum Gasteiger partial charge on any atom is -0.465 e. The lowest BCUT2D eigenvalue weighted by atomic mass is 10.1. The monoisotopic (exact) mass is 392 g/mol. The Morgan fingerprint density at radius 3 is 2.68 bits per heavy atom. The molecular formula is C20H16N4O3S. The lowest BCUT2D eigenvalue weighted by molar-refractivity contribution is -0.112. The molecule has 0 radical (unpaired) electrons. The number of methoxy groups -OCH3 is 1. The Morgan fingerprint density at radius 1 is 1.32 bits per heavy atom. The van der Waals surface area contributed by atoms with Crippen molar-refractivity contribution >= 4 is 34.3 Å². The van der Waals surface area contributed by atoms with Gasteiger partial charge >= 0.3 is 5.97 Å². The summed E-state index contributed by atoms with van der Waals surface area (Å²) in [5, 5.41) is 16.3. The first-order valence-corrected chi connectivity index (χ1v) is 9.03. The van der Waals surface area contributed by atoms with Crippen LogP contribution in [0.5, 0.6) is 0 Å². The first-order chi connectivity index (χ1) is 13.5. The third-order valence-electron chi connectivity index (χ3n) is 3.82. The Hall–Kier alpha value is -3.70. The van der Waals surface area contributed by atoms with Gasteiger partial charge in [0.05, 0.1) is 18.9 Å². The summed E-state index contributed by atoms with van der Waals surface area (Å²) in [6.45, 7) is 0. The molecule has 0 unspecified atom stereocenters. The van der Waals surface area contributed by atoms with Gasteiger partial charge in [-0.3, -0.25) is 9.48 Å². The summed E-state index contributed by atoms with van der Waals surface area (Å²) in [5.41, 5.74) is 1.67. The average molecular weight is 392 g/mol. The fourth-order valence-corrected chi connectivity index (χ4v) is 3.54. The number of anilines is 1. The van der Waals surface area contributed by atoms with Crippen molar-refractivity contribution in [3.05, 3.63) is 65.5 Å². The third kappa shape index (κ3) is 4.16. The molecule has 7 nitrogen and oxygen atoms in total. The maximum Gasteiger partial charge on any atom is 0.340 e. The van der Waals surface area contributed by atoms with Crippen LogP contribution in [0.4, 0.5) is 5.00 Å². The van der Waals surface area contributed by atoms with E-state index in [-0.39, 0.29) is 11.1 Å². The highest BCUT2D eigenvalue weighted by Crippen LogP contribution is 2.36. The minimum atomic E-state index is -0.613. The number of nitrogens with one attached hydrogen (secondary N) is 1. The number of benzene rings is 1. The molecule has 0 bridgehead atoms. The summed E-state index contributed by atoms with van der Waals surface area (Å²) in [5.74, 6) is -1.18. The molecular weight excluding hydrogens is 376 g/mol. The van der Waals surface area contributed by atoms with Gasteiger partial charge in [-0.15, -0.1) is 11.3 Å². The number of carbonyl (C=O) groups excluding carboxylic acids is 2. The standard InChI is InChI=1S/C20H16N4O3S/c1-24-12-13(11-22-24)8-15(10-21)18(25)23-19-16(20(26)27-2)9-17(28-19)14-6-4-3-5-7-14/h3-9,11-12H,1-2H3,(H,23,25). The molecule has 0 fully saturated rings. The van der Waals surface area contributed by atoms with E-state index in [0.717, 1.165) is 10.4 Å². The van der Waals surface area contributed by atoms with Crippen LogP contribution in [0.1, 0.15) is 15.9 Å². The zero-order chi connectivity index (χ0) is 20.1. The maximum absolute atomic E-state index is 12.6. The van der Waals surface area contributed by atoms with Crippen molar-refractivity contribution in [2.24, 2.45) is 7.05 Å². The van der Waals surface area contributed by atoms with E-state index in [2.05, 4.69) is 10.4 Å². The molecule has 1 aromatic carbocycles. The largest absolute Gasteiger partial charge is 0.465 e. The van der Waals surface area contributed by atoms with Crippen LogP contribution < -0.4 is 5.32 Å². The second-order valence-electron chi connectivity index (χ2n) is 5.78. The van der Waals surface area contributed by atoms with Gasteiger partial charge in [0.1, 0.15) is 16.6 Å². The van der Waals surface area contributed by atoms with Gasteiger partial charge in [-0.05, 0) is 17.7 Å². The van der Waals surface area contributed by atoms with Crippen LogP contribution in [0.2, 0.25) is 0 Å². The van der Waals surface area contributed by atoms with Crippen LogP contribution in [0.25, 0.3) is 16.5 Å². The first-order valence-electron chi connectivity index (χ1n) is 8.21. The molecule has 2 aromatic heterocycles. The van der Waals surface area contributed by atoms with Crippen LogP contribution in [-0.2, 0) is 16.6 Å². The van der Waals surface area contributed by atoms with Gasteiger partial charge in [-0.2, -0.15) is 10.4 Å². The summed E-state index contributed by atoms with van der Waals surface area (Å²) in [4.78, 5) is 25.5. The summed E-state index contributed by atoms with van der Waals surface area (Å²) in [6.07, 6.45) is 4.66. The number of ether oxygens (including phenoxy) is 1. The average Bonchev–Trinajstić information content (AvgIpc) is 3.32. The van der Waals surface area contributed by atoms with E-state index in [1.165, 1.54) is 24.5 Å². The van der Waals surface area contributed by atoms with Crippen molar-refractivity contribution in [2.45, 2.75) is 0 Å². The molecule has 0 saturated carbocycles. The van der Waals surface area contributed by atoms with E-state index in [9.17, 15) is 14.9 Å². The summed E-state index contributed by atoms with van der Waals surface area (Å²) in [6, 6.07) is 13.0. The summed E-state index contributed by atoms with van der Waals surface area (Å²) in [7, 11) is 3.01. The zero-order valence-electron chi connectivity index (χ0n) is 15.2. The Kier molecular flexibility index (Phi) is 5.67. The van der Waals surface area contributed by atoms with Gasteiger partial charge in [0.2, 0.25) is 0 Å². The molecule has 3 aromatic rings. The van der Waals surface area contributed by atoms with Crippen LogP contribution in [0.15, 0.2) is 54.4 Å². The highest BCUT2D eigenvalue weighted by molar-refractivity contribution is 7.20. The molecule has 0 spiro atoms. The van der Waals surface area contributed by atoms with Crippen molar-refractivity contribution in [1.29, 1.82) is 5.26 Å². The van der Waals surface area contributed by atoms with Gasteiger partial charge in [-0.1, -0.05) is 30.3 Å². The SMILES string of the molecule is COC(=O)c1cc(-c2ccccc2)sc1NC(=O)C(C#N)=Cc1cnn(C)c1. The van der Waals surface area contributed by atoms with E-state index >= 15 is 0 Å². The molecule has 0 atom stereocenters. The number of nitrogens with zero attached hydrogens (tertiary/aromatic N) is 3. The fraction of sp³-hybridized carbons (Fsp3) is 0.100. The van der Waals surface area contributed by atoms with Gasteiger partial charge in [-0.25, -0.2) is 4.79 Å². The van der Waals surface area contributed by atoms with E-state index < -0.39 is 11.9 Å². The second-order valence-corrected chi connectivity index (χ2v) is 6.83. The molecule has 2 heterocycles. The molecule has 28 heavy (non-hydrogen) atoms. The van der Waals surface area contributed by atoms with Gasteiger partial charge in [0.15, 0.2) is 0 Å². The third-order valence-corrected chi connectivity index (χ3v) is 4.92. The van der Waals surface area contributed by atoms with Crippen molar-refractivity contribution in [3.63, 3.8) is 0 Å². The van der Waals surface area contributed by atoms with Gasteiger partial charge < -0.3 is 10.1 Å². The Labute approximate surface area is 165 Å². The topological polar surface area (TPSA) is 97.0 Å². The number of amides is 1. The molecule has 0 aliphatic carbocycles. The molecule has 0 aliphatic heterocycles. The van der Waals surface area contributed by atoms with Crippen LogP contribution in [0.3, 0.4) is 0 Å². The number of carbonyl (C=O) groups is 2. The Bertz CT molecular complexity index is 1090. The van der Waals surface area contributed by atoms with E-state index in [1.807, 2.05) is 36.4 Å². The number of hydrogen-bond acceptors (Lipinski definition) is 6. The Morgan fingerprint density at radius 2 is 2.07 bits per heavy atom. The Balaban J connectivity index is 1.93. The first kappa shape index (κ1) is 19.1. The molecule has 1 amide bonds. The van der Waals surface area contributed by atoms with Crippen LogP contribution in [-0.4, -0.2) is 28.8 Å². The molecule has 140 valence electrons. The number of thiophene rings is 1. The fourth-order valence-electron chi connectivity index (χ4n) is 2.49. The van der Waals surface area contributed by atoms with Crippen LogP contribution >= 0.6 is 11.3 Å². The van der Waals surface area contributed by atoms with Crippen molar-refractivity contribution < 1.29 is 14.3 Å². The smallest absolute Gasteiger partial charge is 0.340 e. The number of rotatable bonds is 5. The number of nitriles is 1. The zero-order valence-corrected chi connectivity index (χ0v) is 16.0. The number of esters is 1. The number of hydrogen-bond donors (Lipinski definition) is 1. The van der Waals surface area contributed by atoms with Gasteiger partial charge in [0.25, 0.3) is 5.91 Å². The number of aryl methyl sites for hydroxylation is 1. The quantitative estimate of drug-likeness (QED) is 0.407. The second kappa shape index (κ2) is 8.33. The van der Waals surface area contributed by atoms with Crippen molar-refractivity contribution in [1.82, 2.24) is 9.78 Å². The highest BCUT2D eigenvalue weighted by atomic mass is 32.1. The summed E-state index contributed by atoms with van der Waals surface area (Å²) >= 11 is 1.24. The van der Waals surface area contributed by atoms with Crippen LogP contribution in [0, 0.1) is 11.3 Å². The summed E-state index contributed by atoms with van der Waals surface area (Å²) < 4.78 is 6.39. The highest BCUT2D eigenvalue weighted by Gasteiger charge is 2.20. The van der Waals surface area contributed by atoms with E-state index in [1.54, 1.807) is 30.2 Å². The minimum absolute atomic E-state index is 0.0986. The van der Waals surface area contributed by atoms with E-state index in [0.29, 0.717) is 10.6 Å². The van der Waals surface area contributed by atoms with Crippen molar-refractivity contribution in [2.75, 3.05) is 12.4 Å². The lowest BCUT2D eigenvalue weighted by Crippen LogP contribution is -2.15. The molecule has 3 rings (SSSR count). The number of aromatic nitrogens is 2.